The maximum atomic E-state index is 13.4. The number of nitrogens with one attached hydrogen (secondary N) is 1. The zero-order valence-corrected chi connectivity index (χ0v) is 10.6. The summed E-state index contributed by atoms with van der Waals surface area (Å²) in [7, 11) is 1.90. The smallest absolute Gasteiger partial charge is 0.243 e. The first-order valence-corrected chi connectivity index (χ1v) is 5.88. The van der Waals surface area contributed by atoms with Crippen LogP contribution in [0.4, 0.5) is 10.3 Å². The molecule has 5 nitrogen and oxygen atoms in total. The van der Waals surface area contributed by atoms with Crippen molar-refractivity contribution < 1.29 is 4.39 Å². The van der Waals surface area contributed by atoms with Gasteiger partial charge in [0.15, 0.2) is 5.15 Å². The van der Waals surface area contributed by atoms with Crippen LogP contribution in [0.15, 0.2) is 0 Å². The largest absolute Gasteiger partial charge is 0.349 e. The Hall–Kier alpha value is -1.01. The molecule has 17 heavy (non-hydrogen) atoms. The Kier molecular flexibility index (Phi) is 3.73. The minimum absolute atomic E-state index is 0.00567. The lowest BCUT2D eigenvalue weighted by Crippen LogP contribution is -2.45. The van der Waals surface area contributed by atoms with Gasteiger partial charge in [-0.05, 0) is 14.0 Å². The molecule has 0 spiro atoms. The summed E-state index contributed by atoms with van der Waals surface area (Å²) in [6.07, 6.45) is -0.345. The summed E-state index contributed by atoms with van der Waals surface area (Å²) in [5, 5.41) is 11.0. The molecule has 1 aromatic rings. The average molecular weight is 260 g/mol. The molecule has 1 fully saturated rings. The number of piperidine rings is 1. The third-order valence-electron chi connectivity index (χ3n) is 2.72. The molecule has 94 valence electrons. The predicted molar refractivity (Wildman–Crippen MR) is 64.0 cm³/mol. The number of anilines is 1. The number of nitrogens with zero attached hydrogens (tertiary/aromatic N) is 4. The lowest BCUT2D eigenvalue weighted by molar-refractivity contribution is 0.153. The van der Waals surface area contributed by atoms with E-state index in [2.05, 4.69) is 20.5 Å². The fraction of sp³-hybridized carbons (Fsp3) is 0.700. The van der Waals surface area contributed by atoms with Crippen LogP contribution < -0.4 is 5.32 Å². The number of hydrogen-bond acceptors (Lipinski definition) is 5. The van der Waals surface area contributed by atoms with E-state index >= 15 is 0 Å². The summed E-state index contributed by atoms with van der Waals surface area (Å²) in [5.41, 5.74) is 0.616. The van der Waals surface area contributed by atoms with E-state index < -0.39 is 6.17 Å². The van der Waals surface area contributed by atoms with Gasteiger partial charge in [0, 0.05) is 25.6 Å². The highest BCUT2D eigenvalue weighted by molar-refractivity contribution is 6.29. The molecule has 1 aromatic heterocycles. The molecule has 0 bridgehead atoms. The van der Waals surface area contributed by atoms with E-state index in [1.807, 2.05) is 11.9 Å². The summed E-state index contributed by atoms with van der Waals surface area (Å²) in [4.78, 5) is 6.11. The number of aromatic nitrogens is 3. The second-order valence-electron chi connectivity index (χ2n) is 4.41. The van der Waals surface area contributed by atoms with Crippen LogP contribution in [0.25, 0.3) is 0 Å². The van der Waals surface area contributed by atoms with Gasteiger partial charge in [0.2, 0.25) is 5.95 Å². The van der Waals surface area contributed by atoms with Crippen molar-refractivity contribution in [1.82, 2.24) is 20.1 Å². The van der Waals surface area contributed by atoms with Crippen molar-refractivity contribution >= 4 is 17.5 Å². The van der Waals surface area contributed by atoms with Crippen LogP contribution >= 0.6 is 11.6 Å². The molecule has 2 atom stereocenters. The molecule has 0 aliphatic carbocycles. The molecule has 2 heterocycles. The Bertz CT molecular complexity index is 392. The molecule has 1 aliphatic rings. The van der Waals surface area contributed by atoms with Crippen LogP contribution in [0.3, 0.4) is 0 Å². The fourth-order valence-corrected chi connectivity index (χ4v) is 2.07. The van der Waals surface area contributed by atoms with E-state index in [1.165, 1.54) is 0 Å². The van der Waals surface area contributed by atoms with Gasteiger partial charge >= 0.3 is 0 Å². The van der Waals surface area contributed by atoms with Crippen LogP contribution in [0.2, 0.25) is 5.15 Å². The van der Waals surface area contributed by atoms with Crippen LogP contribution in [0.5, 0.6) is 0 Å². The highest BCUT2D eigenvalue weighted by Crippen LogP contribution is 2.16. The fourth-order valence-electron chi connectivity index (χ4n) is 1.99. The van der Waals surface area contributed by atoms with E-state index in [4.69, 9.17) is 11.6 Å². The van der Waals surface area contributed by atoms with Crippen molar-refractivity contribution in [3.8, 4) is 0 Å². The first-order chi connectivity index (χ1) is 8.04. The topological polar surface area (TPSA) is 53.9 Å². The maximum Gasteiger partial charge on any atom is 0.243 e. The lowest BCUT2D eigenvalue weighted by atomic mass is 10.1. The number of rotatable bonds is 2. The van der Waals surface area contributed by atoms with Gasteiger partial charge in [0.05, 0.1) is 5.69 Å². The quantitative estimate of drug-likeness (QED) is 0.867. The van der Waals surface area contributed by atoms with Crippen LogP contribution in [0, 0.1) is 6.92 Å². The Balaban J connectivity index is 2.02. The van der Waals surface area contributed by atoms with Crippen LogP contribution in [-0.2, 0) is 0 Å². The van der Waals surface area contributed by atoms with Gasteiger partial charge in [-0.2, -0.15) is 0 Å². The molecule has 7 heteroatoms. The minimum atomic E-state index is -0.812. The number of hydrogen-bond donors (Lipinski definition) is 1. The highest BCUT2D eigenvalue weighted by Gasteiger charge is 2.25. The molecular formula is C10H15ClFN5. The molecule has 2 rings (SSSR count). The van der Waals surface area contributed by atoms with E-state index in [9.17, 15) is 4.39 Å². The molecule has 1 saturated heterocycles. The first kappa shape index (κ1) is 12.4. The number of halogens is 2. The minimum Gasteiger partial charge on any atom is -0.349 e. The van der Waals surface area contributed by atoms with Crippen LogP contribution in [0.1, 0.15) is 12.1 Å². The van der Waals surface area contributed by atoms with E-state index in [0.29, 0.717) is 29.8 Å². The van der Waals surface area contributed by atoms with E-state index in [0.717, 1.165) is 6.54 Å². The summed E-state index contributed by atoms with van der Waals surface area (Å²) < 4.78 is 13.4. The summed E-state index contributed by atoms with van der Waals surface area (Å²) in [6.45, 7) is 3.01. The normalized spacial score (nSPS) is 25.9. The molecule has 0 aromatic carbocycles. The zero-order valence-electron chi connectivity index (χ0n) is 9.82. The van der Waals surface area contributed by atoms with Crippen molar-refractivity contribution in [2.45, 2.75) is 25.6 Å². The standard InChI is InChI=1S/C10H15ClFN5/c1-6-9(11)15-16-10(13-6)14-8-3-7(12)4-17(2)5-8/h7-8H,3-5H2,1-2H3,(H,13,14,16)/t7-,8+/m0/s1. The molecule has 0 unspecified atom stereocenters. The summed E-state index contributed by atoms with van der Waals surface area (Å²) in [5.74, 6) is 0.402. The van der Waals surface area contributed by atoms with Gasteiger partial charge in [-0.15, -0.1) is 10.2 Å². The van der Waals surface area contributed by atoms with Gasteiger partial charge < -0.3 is 10.2 Å². The van der Waals surface area contributed by atoms with Crippen molar-refractivity contribution in [2.75, 3.05) is 25.5 Å². The van der Waals surface area contributed by atoms with Crippen molar-refractivity contribution in [3.05, 3.63) is 10.8 Å². The second-order valence-corrected chi connectivity index (χ2v) is 4.77. The Morgan fingerprint density at radius 2 is 2.18 bits per heavy atom. The predicted octanol–water partition coefficient (Wildman–Crippen LogP) is 1.29. The summed E-state index contributed by atoms with van der Waals surface area (Å²) >= 11 is 5.74. The monoisotopic (exact) mass is 259 g/mol. The van der Waals surface area contributed by atoms with Crippen molar-refractivity contribution in [1.29, 1.82) is 0 Å². The van der Waals surface area contributed by atoms with Gasteiger partial charge in [0.25, 0.3) is 0 Å². The van der Waals surface area contributed by atoms with E-state index in [-0.39, 0.29) is 6.04 Å². The SMILES string of the molecule is Cc1nc(N[C@@H]2C[C@H](F)CN(C)C2)nnc1Cl. The summed E-state index contributed by atoms with van der Waals surface area (Å²) in [6, 6.07) is 0.00567. The maximum absolute atomic E-state index is 13.4. The molecule has 0 amide bonds. The van der Waals surface area contributed by atoms with E-state index in [1.54, 1.807) is 6.92 Å². The molecular weight excluding hydrogens is 245 g/mol. The van der Waals surface area contributed by atoms with Gasteiger partial charge in [0.1, 0.15) is 6.17 Å². The molecule has 0 saturated carbocycles. The van der Waals surface area contributed by atoms with Gasteiger partial charge in [-0.1, -0.05) is 11.6 Å². The second kappa shape index (κ2) is 5.10. The molecule has 1 aliphatic heterocycles. The third kappa shape index (κ3) is 3.23. The first-order valence-electron chi connectivity index (χ1n) is 5.50. The number of aryl methyl sites for hydroxylation is 1. The van der Waals surface area contributed by atoms with Crippen LogP contribution in [-0.4, -0.2) is 52.4 Å². The Labute approximate surface area is 104 Å². The molecule has 0 radical (unpaired) electrons. The molecule has 1 N–H and O–H groups in total. The number of alkyl halides is 1. The van der Waals surface area contributed by atoms with Gasteiger partial charge in [-0.25, -0.2) is 9.37 Å². The Morgan fingerprint density at radius 3 is 2.82 bits per heavy atom. The average Bonchev–Trinajstić information content (AvgIpc) is 2.22. The number of likely N-dealkylation sites (tertiary alicyclic amines) is 1. The third-order valence-corrected chi connectivity index (χ3v) is 3.07. The van der Waals surface area contributed by atoms with Crippen molar-refractivity contribution in [2.24, 2.45) is 0 Å². The van der Waals surface area contributed by atoms with Crippen molar-refractivity contribution in [3.63, 3.8) is 0 Å². The Morgan fingerprint density at radius 1 is 1.41 bits per heavy atom. The lowest BCUT2D eigenvalue weighted by Gasteiger charge is -2.32. The highest BCUT2D eigenvalue weighted by atomic mass is 35.5. The number of likely N-dealkylation sites (N-methyl/N-ethyl adjacent to an activating group) is 1. The van der Waals surface area contributed by atoms with Gasteiger partial charge in [-0.3, -0.25) is 0 Å². The zero-order chi connectivity index (χ0) is 12.4.